The number of halogens is 3. The average molecular weight is 305 g/mol. The van der Waals surface area contributed by atoms with E-state index >= 15 is 0 Å². The Kier molecular flexibility index (Phi) is 4.36. The molecule has 0 fully saturated rings. The minimum atomic E-state index is -4.64. The summed E-state index contributed by atoms with van der Waals surface area (Å²) in [5.74, 6) is 0.463. The van der Waals surface area contributed by atoms with Crippen LogP contribution in [0.25, 0.3) is 0 Å². The van der Waals surface area contributed by atoms with E-state index < -0.39 is 6.36 Å². The third-order valence-corrected chi connectivity index (χ3v) is 4.33. The molecule has 0 saturated carbocycles. The summed E-state index contributed by atoms with van der Waals surface area (Å²) in [4.78, 5) is 4.30. The molecule has 102 valence electrons. The van der Waals surface area contributed by atoms with Gasteiger partial charge in [-0.05, 0) is 24.6 Å². The Labute approximate surface area is 116 Å². The molecule has 0 saturated heterocycles. The summed E-state index contributed by atoms with van der Waals surface area (Å²) in [5.41, 5.74) is 1.90. The lowest BCUT2D eigenvalue weighted by atomic mass is 10.2. The fourth-order valence-electron chi connectivity index (χ4n) is 1.33. The third-order valence-electron chi connectivity index (χ3n) is 2.12. The van der Waals surface area contributed by atoms with Crippen molar-refractivity contribution in [1.82, 2.24) is 4.98 Å². The van der Waals surface area contributed by atoms with E-state index in [1.165, 1.54) is 12.1 Å². The summed E-state index contributed by atoms with van der Waals surface area (Å²) in [7, 11) is 0. The average Bonchev–Trinajstić information content (AvgIpc) is 2.72. The van der Waals surface area contributed by atoms with Crippen LogP contribution in [-0.4, -0.2) is 11.3 Å². The molecule has 0 N–H and O–H groups in total. The number of hydrogen-bond donors (Lipinski definition) is 0. The molecule has 7 heteroatoms. The number of rotatable bonds is 4. The number of thiazole rings is 1. The molecule has 2 rings (SSSR count). The highest BCUT2D eigenvalue weighted by molar-refractivity contribution is 8.00. The highest BCUT2D eigenvalue weighted by atomic mass is 32.2. The molecule has 2 aromatic rings. The molecule has 0 spiro atoms. The first-order valence-corrected chi connectivity index (χ1v) is 7.18. The van der Waals surface area contributed by atoms with Crippen LogP contribution in [0.15, 0.2) is 34.0 Å². The minimum Gasteiger partial charge on any atom is -0.406 e. The van der Waals surface area contributed by atoms with Crippen molar-refractivity contribution in [2.75, 3.05) is 0 Å². The van der Waals surface area contributed by atoms with Crippen LogP contribution in [0.1, 0.15) is 11.3 Å². The van der Waals surface area contributed by atoms with Gasteiger partial charge in [-0.25, -0.2) is 4.98 Å². The lowest BCUT2D eigenvalue weighted by molar-refractivity contribution is -0.274. The largest absolute Gasteiger partial charge is 0.573 e. The van der Waals surface area contributed by atoms with Crippen molar-refractivity contribution >= 4 is 23.1 Å². The first-order chi connectivity index (χ1) is 8.92. The van der Waals surface area contributed by atoms with Gasteiger partial charge in [-0.1, -0.05) is 23.9 Å². The number of alkyl halides is 3. The normalized spacial score (nSPS) is 11.6. The van der Waals surface area contributed by atoms with Gasteiger partial charge < -0.3 is 4.74 Å². The van der Waals surface area contributed by atoms with Gasteiger partial charge in [-0.3, -0.25) is 0 Å². The Morgan fingerprint density at radius 1 is 1.26 bits per heavy atom. The van der Waals surface area contributed by atoms with Gasteiger partial charge in [0.2, 0.25) is 0 Å². The fourth-order valence-corrected chi connectivity index (χ4v) is 3.14. The smallest absolute Gasteiger partial charge is 0.406 e. The van der Waals surface area contributed by atoms with Crippen LogP contribution in [-0.2, 0) is 5.75 Å². The van der Waals surface area contributed by atoms with Crippen molar-refractivity contribution in [1.29, 1.82) is 0 Å². The van der Waals surface area contributed by atoms with Gasteiger partial charge >= 0.3 is 6.36 Å². The molecule has 0 aliphatic heterocycles. The van der Waals surface area contributed by atoms with Crippen molar-refractivity contribution in [3.8, 4) is 5.75 Å². The lowest BCUT2D eigenvalue weighted by Gasteiger charge is -2.08. The zero-order valence-corrected chi connectivity index (χ0v) is 11.5. The van der Waals surface area contributed by atoms with E-state index in [4.69, 9.17) is 0 Å². The number of hydrogen-bond acceptors (Lipinski definition) is 4. The van der Waals surface area contributed by atoms with Gasteiger partial charge in [0.05, 0.1) is 0 Å². The van der Waals surface area contributed by atoms with Gasteiger partial charge in [0.15, 0.2) is 0 Å². The van der Waals surface area contributed by atoms with Crippen molar-refractivity contribution in [3.05, 3.63) is 40.9 Å². The maximum Gasteiger partial charge on any atom is 0.573 e. The van der Waals surface area contributed by atoms with Crippen LogP contribution in [0.3, 0.4) is 0 Å². The van der Waals surface area contributed by atoms with E-state index in [2.05, 4.69) is 9.72 Å². The molecule has 19 heavy (non-hydrogen) atoms. The summed E-state index contributed by atoms with van der Waals surface area (Å²) < 4.78 is 40.7. The topological polar surface area (TPSA) is 22.1 Å². The van der Waals surface area contributed by atoms with Gasteiger partial charge in [0.1, 0.15) is 10.1 Å². The molecule has 0 radical (unpaired) electrons. The SMILES string of the molecule is Cc1csc(SCc2ccc(OC(F)(F)F)cc2)n1. The van der Waals surface area contributed by atoms with Crippen LogP contribution in [0.4, 0.5) is 13.2 Å². The van der Waals surface area contributed by atoms with Gasteiger partial charge in [0.25, 0.3) is 0 Å². The minimum absolute atomic E-state index is 0.202. The van der Waals surface area contributed by atoms with Crippen LogP contribution >= 0.6 is 23.1 Å². The number of aryl methyl sites for hydroxylation is 1. The van der Waals surface area contributed by atoms with Crippen molar-refractivity contribution < 1.29 is 17.9 Å². The zero-order chi connectivity index (χ0) is 13.9. The molecule has 2 nitrogen and oxygen atoms in total. The second-order valence-electron chi connectivity index (χ2n) is 3.74. The van der Waals surface area contributed by atoms with E-state index in [-0.39, 0.29) is 5.75 Å². The Morgan fingerprint density at radius 2 is 1.95 bits per heavy atom. The number of thioether (sulfide) groups is 1. The monoisotopic (exact) mass is 305 g/mol. The molecule has 1 aromatic heterocycles. The molecule has 0 amide bonds. The number of ether oxygens (including phenoxy) is 1. The van der Waals surface area contributed by atoms with Crippen LogP contribution in [0.5, 0.6) is 5.75 Å². The molecule has 1 heterocycles. The van der Waals surface area contributed by atoms with Crippen LogP contribution in [0, 0.1) is 6.92 Å². The molecular formula is C12H10F3NOS2. The molecule has 0 aliphatic carbocycles. The van der Waals surface area contributed by atoms with E-state index in [9.17, 15) is 13.2 Å². The third kappa shape index (κ3) is 4.76. The number of benzene rings is 1. The van der Waals surface area contributed by atoms with E-state index in [1.807, 2.05) is 12.3 Å². The zero-order valence-electron chi connectivity index (χ0n) is 9.90. The highest BCUT2D eigenvalue weighted by Crippen LogP contribution is 2.28. The van der Waals surface area contributed by atoms with Crippen LogP contribution < -0.4 is 4.74 Å². The molecule has 1 aromatic carbocycles. The van der Waals surface area contributed by atoms with Gasteiger partial charge in [-0.2, -0.15) is 0 Å². The second kappa shape index (κ2) is 5.83. The van der Waals surface area contributed by atoms with Gasteiger partial charge in [-0.15, -0.1) is 24.5 Å². The quantitative estimate of drug-likeness (QED) is 0.768. The first kappa shape index (κ1) is 14.2. The lowest BCUT2D eigenvalue weighted by Crippen LogP contribution is -2.16. The molecular weight excluding hydrogens is 295 g/mol. The summed E-state index contributed by atoms with van der Waals surface area (Å²) in [6, 6.07) is 5.87. The van der Waals surface area contributed by atoms with E-state index in [0.717, 1.165) is 15.6 Å². The summed E-state index contributed by atoms with van der Waals surface area (Å²) in [6.45, 7) is 1.92. The maximum atomic E-state index is 12.0. The number of aromatic nitrogens is 1. The molecule has 0 bridgehead atoms. The Hall–Kier alpha value is -1.21. The maximum absolute atomic E-state index is 12.0. The standard InChI is InChI=1S/C12H10F3NOS2/c1-8-6-18-11(16-8)19-7-9-2-4-10(5-3-9)17-12(13,14)15/h2-6H,7H2,1H3. The van der Waals surface area contributed by atoms with E-state index in [0.29, 0.717) is 5.75 Å². The summed E-state index contributed by atoms with van der Waals surface area (Å²) >= 11 is 3.12. The molecule has 0 atom stereocenters. The molecule has 0 aliphatic rings. The predicted molar refractivity (Wildman–Crippen MR) is 69.5 cm³/mol. The summed E-state index contributed by atoms with van der Waals surface area (Å²) in [6.07, 6.45) is -4.64. The van der Waals surface area contributed by atoms with Crippen molar-refractivity contribution in [3.63, 3.8) is 0 Å². The number of nitrogens with zero attached hydrogens (tertiary/aromatic N) is 1. The fraction of sp³-hybridized carbons (Fsp3) is 0.250. The second-order valence-corrected chi connectivity index (χ2v) is 5.82. The summed E-state index contributed by atoms with van der Waals surface area (Å²) in [5, 5.41) is 1.96. The van der Waals surface area contributed by atoms with Crippen molar-refractivity contribution in [2.24, 2.45) is 0 Å². The Bertz CT molecular complexity index is 537. The molecule has 0 unspecified atom stereocenters. The predicted octanol–water partition coefficient (Wildman–Crippen LogP) is 4.64. The van der Waals surface area contributed by atoms with E-state index in [1.54, 1.807) is 35.2 Å². The highest BCUT2D eigenvalue weighted by Gasteiger charge is 2.30. The van der Waals surface area contributed by atoms with Gasteiger partial charge in [0, 0.05) is 16.8 Å². The Balaban J connectivity index is 1.91. The Morgan fingerprint density at radius 3 is 2.47 bits per heavy atom. The first-order valence-electron chi connectivity index (χ1n) is 5.32. The van der Waals surface area contributed by atoms with Crippen LogP contribution in [0.2, 0.25) is 0 Å². The van der Waals surface area contributed by atoms with Crippen molar-refractivity contribution in [2.45, 2.75) is 23.4 Å².